The molecule has 1 fully saturated rings. The first kappa shape index (κ1) is 13.9. The molecule has 1 amide bonds. The van der Waals surface area contributed by atoms with Gasteiger partial charge in [-0.25, -0.2) is 0 Å². The van der Waals surface area contributed by atoms with Crippen LogP contribution in [0.15, 0.2) is 24.3 Å². The van der Waals surface area contributed by atoms with Crippen molar-refractivity contribution in [1.82, 2.24) is 4.90 Å². The van der Waals surface area contributed by atoms with Gasteiger partial charge in [0.05, 0.1) is 6.04 Å². The zero-order valence-electron chi connectivity index (χ0n) is 11.5. The van der Waals surface area contributed by atoms with Crippen molar-refractivity contribution in [3.8, 4) is 5.75 Å². The average Bonchev–Trinajstić information content (AvgIpc) is 3.06. The molecule has 2 unspecified atom stereocenters. The van der Waals surface area contributed by atoms with E-state index in [9.17, 15) is 9.90 Å². The predicted octanol–water partition coefficient (Wildman–Crippen LogP) is 1.38. The molecule has 4 nitrogen and oxygen atoms in total. The molecule has 3 N–H and O–H groups in total. The number of amides is 1. The molecule has 4 heteroatoms. The topological polar surface area (TPSA) is 66.6 Å². The number of nitrogens with zero attached hydrogens (tertiary/aromatic N) is 1. The largest absolute Gasteiger partial charge is 0.508 e. The summed E-state index contributed by atoms with van der Waals surface area (Å²) < 4.78 is 0. The lowest BCUT2D eigenvalue weighted by Crippen LogP contribution is -2.43. The molecule has 3 atom stereocenters. The van der Waals surface area contributed by atoms with Crippen LogP contribution < -0.4 is 5.73 Å². The Hall–Kier alpha value is -1.55. The fourth-order valence-electron chi connectivity index (χ4n) is 2.35. The Morgan fingerprint density at radius 3 is 2.58 bits per heavy atom. The van der Waals surface area contributed by atoms with Crippen LogP contribution in [0.3, 0.4) is 0 Å². The third-order valence-corrected chi connectivity index (χ3v) is 3.87. The van der Waals surface area contributed by atoms with Crippen molar-refractivity contribution >= 4 is 5.91 Å². The standard InChI is InChI=1S/C15H22N2O2/c1-10-7-12(10)9-17(2)15(19)14(16)8-11-3-5-13(18)6-4-11/h3-6,10,12,14,18H,7-9,16H2,1-2H3/t10?,12?,14-/m0/s1. The molecule has 0 aromatic heterocycles. The second kappa shape index (κ2) is 5.61. The van der Waals surface area contributed by atoms with Crippen molar-refractivity contribution in [2.45, 2.75) is 25.8 Å². The number of hydrogen-bond donors (Lipinski definition) is 2. The van der Waals surface area contributed by atoms with Crippen LogP contribution in [0.2, 0.25) is 0 Å². The Bertz CT molecular complexity index is 444. The van der Waals surface area contributed by atoms with Gasteiger partial charge in [-0.05, 0) is 42.4 Å². The van der Waals surface area contributed by atoms with Gasteiger partial charge in [-0.15, -0.1) is 0 Å². The minimum absolute atomic E-state index is 0.00725. The summed E-state index contributed by atoms with van der Waals surface area (Å²) in [7, 11) is 1.82. The first-order valence-electron chi connectivity index (χ1n) is 6.76. The van der Waals surface area contributed by atoms with E-state index >= 15 is 0 Å². The molecule has 1 saturated carbocycles. The molecule has 1 aromatic rings. The minimum atomic E-state index is -0.511. The summed E-state index contributed by atoms with van der Waals surface area (Å²) in [6.45, 7) is 3.02. The van der Waals surface area contributed by atoms with Crippen molar-refractivity contribution in [2.75, 3.05) is 13.6 Å². The fourth-order valence-corrected chi connectivity index (χ4v) is 2.35. The molecule has 1 aliphatic carbocycles. The van der Waals surface area contributed by atoms with Crippen molar-refractivity contribution in [3.63, 3.8) is 0 Å². The lowest BCUT2D eigenvalue weighted by molar-refractivity contribution is -0.131. The first-order valence-corrected chi connectivity index (χ1v) is 6.76. The van der Waals surface area contributed by atoms with E-state index in [0.717, 1.165) is 18.0 Å². The Kier molecular flexibility index (Phi) is 4.10. The average molecular weight is 262 g/mol. The van der Waals surface area contributed by atoms with Crippen molar-refractivity contribution < 1.29 is 9.90 Å². The monoisotopic (exact) mass is 262 g/mol. The maximum absolute atomic E-state index is 12.1. The molecule has 0 aliphatic heterocycles. The van der Waals surface area contributed by atoms with Crippen molar-refractivity contribution in [3.05, 3.63) is 29.8 Å². The zero-order valence-corrected chi connectivity index (χ0v) is 11.5. The molecule has 1 aromatic carbocycles. The smallest absolute Gasteiger partial charge is 0.239 e. The first-order chi connectivity index (χ1) is 8.97. The number of likely N-dealkylation sites (N-methyl/N-ethyl adjacent to an activating group) is 1. The van der Waals surface area contributed by atoms with Gasteiger partial charge in [-0.2, -0.15) is 0 Å². The molecule has 0 spiro atoms. The zero-order chi connectivity index (χ0) is 14.0. The van der Waals surface area contributed by atoms with Crippen LogP contribution in [0.25, 0.3) is 0 Å². The predicted molar refractivity (Wildman–Crippen MR) is 74.7 cm³/mol. The van der Waals surface area contributed by atoms with Gasteiger partial charge in [0.1, 0.15) is 5.75 Å². The fraction of sp³-hybridized carbons (Fsp3) is 0.533. The van der Waals surface area contributed by atoms with E-state index in [4.69, 9.17) is 5.73 Å². The molecular weight excluding hydrogens is 240 g/mol. The lowest BCUT2D eigenvalue weighted by Gasteiger charge is -2.21. The van der Waals surface area contributed by atoms with Crippen LogP contribution in [0.1, 0.15) is 18.9 Å². The van der Waals surface area contributed by atoms with Crippen molar-refractivity contribution in [1.29, 1.82) is 0 Å². The lowest BCUT2D eigenvalue weighted by atomic mass is 10.1. The molecule has 0 heterocycles. The van der Waals surface area contributed by atoms with E-state index < -0.39 is 6.04 Å². The van der Waals surface area contributed by atoms with E-state index in [-0.39, 0.29) is 11.7 Å². The highest BCUT2D eigenvalue weighted by atomic mass is 16.3. The molecule has 0 saturated heterocycles. The highest BCUT2D eigenvalue weighted by molar-refractivity contribution is 5.81. The van der Waals surface area contributed by atoms with E-state index in [1.165, 1.54) is 6.42 Å². The van der Waals surface area contributed by atoms with E-state index in [1.807, 2.05) is 7.05 Å². The molecular formula is C15H22N2O2. The van der Waals surface area contributed by atoms with Gasteiger partial charge < -0.3 is 15.7 Å². The number of benzene rings is 1. The second-order valence-electron chi connectivity index (χ2n) is 5.67. The normalized spacial score (nSPS) is 22.9. The van der Waals surface area contributed by atoms with Gasteiger partial charge in [-0.1, -0.05) is 19.1 Å². The number of carbonyl (C=O) groups excluding carboxylic acids is 1. The Balaban J connectivity index is 1.86. The number of phenols is 1. The number of hydrogen-bond acceptors (Lipinski definition) is 3. The Labute approximate surface area is 114 Å². The molecule has 19 heavy (non-hydrogen) atoms. The van der Waals surface area contributed by atoms with Gasteiger partial charge in [0.2, 0.25) is 5.91 Å². The molecule has 1 aliphatic rings. The highest BCUT2D eigenvalue weighted by Crippen LogP contribution is 2.37. The molecule has 0 radical (unpaired) electrons. The van der Waals surface area contributed by atoms with Crippen molar-refractivity contribution in [2.24, 2.45) is 17.6 Å². The molecule has 2 rings (SSSR count). The van der Waals surface area contributed by atoms with Crippen LogP contribution in [-0.2, 0) is 11.2 Å². The number of aromatic hydroxyl groups is 1. The maximum Gasteiger partial charge on any atom is 0.239 e. The van der Waals surface area contributed by atoms with E-state index in [2.05, 4.69) is 6.92 Å². The van der Waals surface area contributed by atoms with Gasteiger partial charge in [0, 0.05) is 13.6 Å². The number of carbonyl (C=O) groups is 1. The second-order valence-corrected chi connectivity index (χ2v) is 5.67. The number of rotatable bonds is 5. The van der Waals surface area contributed by atoms with Crippen LogP contribution in [0, 0.1) is 11.8 Å². The summed E-state index contributed by atoms with van der Waals surface area (Å²) in [5.74, 6) is 1.61. The van der Waals surface area contributed by atoms with Gasteiger partial charge in [0.25, 0.3) is 0 Å². The van der Waals surface area contributed by atoms with E-state index in [0.29, 0.717) is 12.3 Å². The van der Waals surface area contributed by atoms with Crippen LogP contribution in [0.5, 0.6) is 5.75 Å². The molecule has 104 valence electrons. The summed E-state index contributed by atoms with van der Waals surface area (Å²) in [6.07, 6.45) is 1.72. The Morgan fingerprint density at radius 2 is 2.05 bits per heavy atom. The number of nitrogens with two attached hydrogens (primary N) is 1. The van der Waals surface area contributed by atoms with Crippen LogP contribution >= 0.6 is 0 Å². The number of phenolic OH excluding ortho intramolecular Hbond substituents is 1. The maximum atomic E-state index is 12.1. The quantitative estimate of drug-likeness (QED) is 0.842. The van der Waals surface area contributed by atoms with Gasteiger partial charge >= 0.3 is 0 Å². The van der Waals surface area contributed by atoms with E-state index in [1.54, 1.807) is 29.2 Å². The van der Waals surface area contributed by atoms with Gasteiger partial charge in [0.15, 0.2) is 0 Å². The SMILES string of the molecule is CC1CC1CN(C)C(=O)[C@@H](N)Cc1ccc(O)cc1. The summed E-state index contributed by atoms with van der Waals surface area (Å²) in [5.41, 5.74) is 6.93. The minimum Gasteiger partial charge on any atom is -0.508 e. The third kappa shape index (κ3) is 3.70. The van der Waals surface area contributed by atoms with Crippen LogP contribution in [-0.4, -0.2) is 35.5 Å². The highest BCUT2D eigenvalue weighted by Gasteiger charge is 2.34. The summed E-state index contributed by atoms with van der Waals surface area (Å²) in [6, 6.07) is 6.31. The molecule has 0 bridgehead atoms. The third-order valence-electron chi connectivity index (χ3n) is 3.87. The Morgan fingerprint density at radius 1 is 1.47 bits per heavy atom. The summed E-state index contributed by atoms with van der Waals surface area (Å²) in [5, 5.41) is 9.21. The van der Waals surface area contributed by atoms with Gasteiger partial charge in [-0.3, -0.25) is 4.79 Å². The van der Waals surface area contributed by atoms with Crippen LogP contribution in [0.4, 0.5) is 0 Å². The summed E-state index contributed by atoms with van der Waals surface area (Å²) in [4.78, 5) is 13.9. The summed E-state index contributed by atoms with van der Waals surface area (Å²) >= 11 is 0.